The molecular formula is C15H24N2O2. The van der Waals surface area contributed by atoms with Crippen molar-refractivity contribution in [1.82, 2.24) is 4.90 Å². The standard InChI is InChI=1S/C15H24N2O2/c1-11(2)17(12(3)4)15(18)10-19-14-7-5-6-13(8-14)9-16/h5-8,11-12H,9-10,16H2,1-4H3. The topological polar surface area (TPSA) is 55.6 Å². The summed E-state index contributed by atoms with van der Waals surface area (Å²) in [6.07, 6.45) is 0. The zero-order chi connectivity index (χ0) is 14.4. The second-order valence-electron chi connectivity index (χ2n) is 5.13. The molecule has 0 saturated heterocycles. The summed E-state index contributed by atoms with van der Waals surface area (Å²) in [6.45, 7) is 8.55. The van der Waals surface area contributed by atoms with Crippen molar-refractivity contribution in [2.24, 2.45) is 5.73 Å². The molecule has 0 fully saturated rings. The second kappa shape index (κ2) is 7.14. The minimum absolute atomic E-state index is 0.00292. The van der Waals surface area contributed by atoms with Gasteiger partial charge in [-0.05, 0) is 45.4 Å². The summed E-state index contributed by atoms with van der Waals surface area (Å²) in [6, 6.07) is 7.86. The van der Waals surface area contributed by atoms with Crippen molar-refractivity contribution >= 4 is 5.91 Å². The zero-order valence-electron chi connectivity index (χ0n) is 12.2. The van der Waals surface area contributed by atoms with Gasteiger partial charge >= 0.3 is 0 Å². The highest BCUT2D eigenvalue weighted by Gasteiger charge is 2.20. The van der Waals surface area contributed by atoms with Crippen LogP contribution in [0.15, 0.2) is 24.3 Å². The lowest BCUT2D eigenvalue weighted by atomic mass is 10.2. The molecule has 0 saturated carbocycles. The van der Waals surface area contributed by atoms with Gasteiger partial charge in [0.2, 0.25) is 0 Å². The van der Waals surface area contributed by atoms with Gasteiger partial charge in [-0.25, -0.2) is 0 Å². The average molecular weight is 264 g/mol. The number of amides is 1. The number of hydrogen-bond donors (Lipinski definition) is 1. The SMILES string of the molecule is CC(C)N(C(=O)COc1cccc(CN)c1)C(C)C. The molecule has 1 aromatic carbocycles. The second-order valence-corrected chi connectivity index (χ2v) is 5.13. The third kappa shape index (κ3) is 4.56. The maximum atomic E-state index is 12.1. The average Bonchev–Trinajstić information content (AvgIpc) is 2.35. The zero-order valence-corrected chi connectivity index (χ0v) is 12.2. The van der Waals surface area contributed by atoms with Gasteiger partial charge in [-0.2, -0.15) is 0 Å². The van der Waals surface area contributed by atoms with Crippen molar-refractivity contribution in [3.63, 3.8) is 0 Å². The first-order valence-electron chi connectivity index (χ1n) is 6.68. The summed E-state index contributed by atoms with van der Waals surface area (Å²) in [5.41, 5.74) is 6.57. The Balaban J connectivity index is 2.62. The van der Waals surface area contributed by atoms with Gasteiger partial charge in [-0.1, -0.05) is 12.1 Å². The highest BCUT2D eigenvalue weighted by molar-refractivity contribution is 5.78. The van der Waals surface area contributed by atoms with Crippen LogP contribution in [0.1, 0.15) is 33.3 Å². The number of nitrogens with two attached hydrogens (primary N) is 1. The molecule has 0 aliphatic rings. The first-order chi connectivity index (χ1) is 8.95. The molecule has 0 aromatic heterocycles. The molecule has 1 rings (SSSR count). The van der Waals surface area contributed by atoms with Gasteiger partial charge in [-0.3, -0.25) is 4.79 Å². The van der Waals surface area contributed by atoms with E-state index < -0.39 is 0 Å². The van der Waals surface area contributed by atoms with E-state index in [2.05, 4.69) is 0 Å². The Hall–Kier alpha value is -1.55. The van der Waals surface area contributed by atoms with Crippen LogP contribution in [0.3, 0.4) is 0 Å². The van der Waals surface area contributed by atoms with Crippen LogP contribution >= 0.6 is 0 Å². The maximum Gasteiger partial charge on any atom is 0.260 e. The van der Waals surface area contributed by atoms with Crippen LogP contribution in [-0.2, 0) is 11.3 Å². The number of ether oxygens (including phenoxy) is 1. The molecule has 0 bridgehead atoms. The summed E-state index contributed by atoms with van der Waals surface area (Å²) in [5.74, 6) is 0.687. The molecule has 0 atom stereocenters. The summed E-state index contributed by atoms with van der Waals surface area (Å²) in [4.78, 5) is 14.0. The lowest BCUT2D eigenvalue weighted by Crippen LogP contribution is -2.44. The van der Waals surface area contributed by atoms with Crippen molar-refractivity contribution in [3.8, 4) is 5.75 Å². The Labute approximate surface area is 115 Å². The van der Waals surface area contributed by atoms with E-state index in [1.807, 2.05) is 56.9 Å². The Bertz CT molecular complexity index is 408. The number of carbonyl (C=O) groups excluding carboxylic acids is 1. The van der Waals surface area contributed by atoms with E-state index in [4.69, 9.17) is 10.5 Å². The molecule has 106 valence electrons. The Morgan fingerprint density at radius 3 is 2.42 bits per heavy atom. The molecule has 1 amide bonds. The monoisotopic (exact) mass is 264 g/mol. The van der Waals surface area contributed by atoms with Crippen LogP contribution in [0.5, 0.6) is 5.75 Å². The van der Waals surface area contributed by atoms with Crippen molar-refractivity contribution < 1.29 is 9.53 Å². The fraction of sp³-hybridized carbons (Fsp3) is 0.533. The van der Waals surface area contributed by atoms with Gasteiger partial charge < -0.3 is 15.4 Å². The molecule has 0 radical (unpaired) electrons. The number of carbonyl (C=O) groups is 1. The molecule has 19 heavy (non-hydrogen) atoms. The van der Waals surface area contributed by atoms with Crippen LogP contribution in [-0.4, -0.2) is 29.5 Å². The summed E-state index contributed by atoms with van der Waals surface area (Å²) >= 11 is 0. The number of rotatable bonds is 6. The number of hydrogen-bond acceptors (Lipinski definition) is 3. The Morgan fingerprint density at radius 2 is 1.89 bits per heavy atom. The smallest absolute Gasteiger partial charge is 0.260 e. The van der Waals surface area contributed by atoms with Crippen LogP contribution in [0.2, 0.25) is 0 Å². The van der Waals surface area contributed by atoms with Crippen LogP contribution in [0, 0.1) is 0 Å². The van der Waals surface area contributed by atoms with Crippen LogP contribution in [0.4, 0.5) is 0 Å². The van der Waals surface area contributed by atoms with E-state index in [1.54, 1.807) is 0 Å². The van der Waals surface area contributed by atoms with Crippen molar-refractivity contribution in [2.75, 3.05) is 6.61 Å². The molecule has 0 aliphatic heterocycles. The van der Waals surface area contributed by atoms with Gasteiger partial charge in [0, 0.05) is 18.6 Å². The lowest BCUT2D eigenvalue weighted by Gasteiger charge is -2.30. The molecule has 4 heteroatoms. The normalized spacial score (nSPS) is 10.9. The molecule has 2 N–H and O–H groups in total. The summed E-state index contributed by atoms with van der Waals surface area (Å²) in [5, 5.41) is 0. The molecule has 1 aromatic rings. The predicted molar refractivity (Wildman–Crippen MR) is 76.9 cm³/mol. The predicted octanol–water partition coefficient (Wildman–Crippen LogP) is 2.17. The van der Waals surface area contributed by atoms with Gasteiger partial charge in [0.1, 0.15) is 5.75 Å². The van der Waals surface area contributed by atoms with E-state index in [0.717, 1.165) is 5.56 Å². The van der Waals surface area contributed by atoms with Crippen LogP contribution in [0.25, 0.3) is 0 Å². The van der Waals surface area contributed by atoms with Gasteiger partial charge in [0.25, 0.3) is 5.91 Å². The third-order valence-electron chi connectivity index (χ3n) is 2.90. The van der Waals surface area contributed by atoms with Crippen LogP contribution < -0.4 is 10.5 Å². The Kier molecular flexibility index (Phi) is 5.83. The molecular weight excluding hydrogens is 240 g/mol. The van der Waals surface area contributed by atoms with E-state index in [-0.39, 0.29) is 24.6 Å². The van der Waals surface area contributed by atoms with Gasteiger partial charge in [-0.15, -0.1) is 0 Å². The van der Waals surface area contributed by atoms with Crippen molar-refractivity contribution in [2.45, 2.75) is 46.3 Å². The highest BCUT2D eigenvalue weighted by Crippen LogP contribution is 2.13. The first-order valence-corrected chi connectivity index (χ1v) is 6.68. The first kappa shape index (κ1) is 15.5. The summed E-state index contributed by atoms with van der Waals surface area (Å²) < 4.78 is 5.54. The van der Waals surface area contributed by atoms with E-state index in [1.165, 1.54) is 0 Å². The van der Waals surface area contributed by atoms with Gasteiger partial charge in [0.15, 0.2) is 6.61 Å². The minimum Gasteiger partial charge on any atom is -0.484 e. The molecule has 0 heterocycles. The molecule has 0 aliphatic carbocycles. The van der Waals surface area contributed by atoms with Crippen molar-refractivity contribution in [1.29, 1.82) is 0 Å². The molecule has 4 nitrogen and oxygen atoms in total. The van der Waals surface area contributed by atoms with Gasteiger partial charge in [0.05, 0.1) is 0 Å². The minimum atomic E-state index is 0.00292. The molecule has 0 spiro atoms. The fourth-order valence-electron chi connectivity index (χ4n) is 2.15. The maximum absolute atomic E-state index is 12.1. The molecule has 0 unspecified atom stereocenters. The highest BCUT2D eigenvalue weighted by atomic mass is 16.5. The quantitative estimate of drug-likeness (QED) is 0.856. The van der Waals surface area contributed by atoms with Crippen molar-refractivity contribution in [3.05, 3.63) is 29.8 Å². The Morgan fingerprint density at radius 1 is 1.26 bits per heavy atom. The van der Waals surface area contributed by atoms with E-state index in [9.17, 15) is 4.79 Å². The number of benzene rings is 1. The van der Waals surface area contributed by atoms with E-state index in [0.29, 0.717) is 12.3 Å². The summed E-state index contributed by atoms with van der Waals surface area (Å²) in [7, 11) is 0. The largest absolute Gasteiger partial charge is 0.484 e. The third-order valence-corrected chi connectivity index (χ3v) is 2.90. The lowest BCUT2D eigenvalue weighted by molar-refractivity contribution is -0.136. The van der Waals surface area contributed by atoms with E-state index >= 15 is 0 Å². The number of nitrogens with zero attached hydrogens (tertiary/aromatic N) is 1. The fourth-order valence-corrected chi connectivity index (χ4v) is 2.15.